The Kier molecular flexibility index (Phi) is 4.27. The molecule has 1 heterocycles. The Morgan fingerprint density at radius 2 is 1.88 bits per heavy atom. The highest BCUT2D eigenvalue weighted by Gasteiger charge is 2.45. The fraction of sp³-hybridized carbons (Fsp3) is 0.143. The van der Waals surface area contributed by atoms with Gasteiger partial charge in [-0.05, 0) is 35.6 Å². The monoisotopic (exact) mass is 362 g/mol. The molecule has 1 saturated carbocycles. The van der Waals surface area contributed by atoms with Gasteiger partial charge in [-0.1, -0.05) is 48.5 Å². The summed E-state index contributed by atoms with van der Waals surface area (Å²) in [5.41, 5.74) is 2.04. The van der Waals surface area contributed by atoms with Crippen LogP contribution in [-0.4, -0.2) is 5.91 Å². The molecule has 1 fully saturated rings. The Hall–Kier alpha value is -2.97. The second kappa shape index (κ2) is 6.74. The minimum Gasteiger partial charge on any atom is -0.316 e. The summed E-state index contributed by atoms with van der Waals surface area (Å²) in [4.78, 5) is 13.5. The first-order valence-electron chi connectivity index (χ1n) is 8.32. The molecule has 5 heteroatoms. The van der Waals surface area contributed by atoms with Crippen LogP contribution in [0.5, 0.6) is 0 Å². The zero-order valence-corrected chi connectivity index (χ0v) is 14.6. The van der Waals surface area contributed by atoms with Gasteiger partial charge in [0.2, 0.25) is 5.91 Å². The van der Waals surface area contributed by atoms with E-state index in [2.05, 4.69) is 11.4 Å². The summed E-state index contributed by atoms with van der Waals surface area (Å²) < 4.78 is 13.9. The van der Waals surface area contributed by atoms with Gasteiger partial charge in [0, 0.05) is 10.8 Å². The minimum absolute atomic E-state index is 0.0877. The van der Waals surface area contributed by atoms with Crippen molar-refractivity contribution in [1.29, 1.82) is 5.26 Å². The molecule has 2 atom stereocenters. The molecule has 0 saturated heterocycles. The average Bonchev–Trinajstić information content (AvgIpc) is 3.36. The van der Waals surface area contributed by atoms with Gasteiger partial charge in [0.05, 0.1) is 5.56 Å². The van der Waals surface area contributed by atoms with Crippen LogP contribution in [0, 0.1) is 23.1 Å². The number of benzene rings is 2. The number of amides is 1. The molecule has 0 radical (unpaired) electrons. The van der Waals surface area contributed by atoms with Gasteiger partial charge in [-0.25, -0.2) is 4.39 Å². The normalized spacial score (nSPS) is 18.2. The fourth-order valence-corrected chi connectivity index (χ4v) is 4.14. The van der Waals surface area contributed by atoms with Gasteiger partial charge in [0.25, 0.3) is 0 Å². The standard InChI is InChI=1S/C21H15FN2OS/c22-18-9-5-4-8-15(18)16-11-17(16)20(25)24-21-14(12-23)10-19(26-21)13-6-2-1-3-7-13/h1-10,16-17H,11H2,(H,24,25)/t16-,17-/m1/s1. The second-order valence-corrected chi connectivity index (χ2v) is 7.34. The van der Waals surface area contributed by atoms with E-state index in [4.69, 9.17) is 0 Å². The third kappa shape index (κ3) is 3.12. The SMILES string of the molecule is N#Cc1cc(-c2ccccc2)sc1NC(=O)[C@@H]1C[C@@H]1c1ccccc1F. The third-order valence-corrected chi connectivity index (χ3v) is 5.68. The summed E-state index contributed by atoms with van der Waals surface area (Å²) in [6, 6.07) is 20.2. The van der Waals surface area contributed by atoms with Crippen LogP contribution in [0.3, 0.4) is 0 Å². The van der Waals surface area contributed by atoms with Crippen LogP contribution in [-0.2, 0) is 4.79 Å². The first-order chi connectivity index (χ1) is 12.7. The summed E-state index contributed by atoms with van der Waals surface area (Å²) in [6.45, 7) is 0. The number of nitrogens with one attached hydrogen (secondary N) is 1. The molecule has 1 N–H and O–H groups in total. The van der Waals surface area contributed by atoms with E-state index in [1.807, 2.05) is 30.3 Å². The van der Waals surface area contributed by atoms with E-state index >= 15 is 0 Å². The second-order valence-electron chi connectivity index (χ2n) is 6.29. The van der Waals surface area contributed by atoms with E-state index < -0.39 is 0 Å². The summed E-state index contributed by atoms with van der Waals surface area (Å²) in [5.74, 6) is -0.764. The Bertz CT molecular complexity index is 1010. The van der Waals surface area contributed by atoms with Gasteiger partial charge in [0.15, 0.2) is 0 Å². The van der Waals surface area contributed by atoms with Gasteiger partial charge >= 0.3 is 0 Å². The number of carbonyl (C=O) groups excluding carboxylic acids is 1. The van der Waals surface area contributed by atoms with Crippen LogP contribution in [0.4, 0.5) is 9.39 Å². The number of hydrogen-bond donors (Lipinski definition) is 1. The summed E-state index contributed by atoms with van der Waals surface area (Å²) >= 11 is 1.38. The maximum absolute atomic E-state index is 13.9. The number of carbonyl (C=O) groups is 1. The van der Waals surface area contributed by atoms with Crippen LogP contribution < -0.4 is 5.32 Å². The van der Waals surface area contributed by atoms with Gasteiger partial charge in [-0.2, -0.15) is 5.26 Å². The van der Waals surface area contributed by atoms with Crippen LogP contribution in [0.25, 0.3) is 10.4 Å². The van der Waals surface area contributed by atoms with Crippen molar-refractivity contribution < 1.29 is 9.18 Å². The van der Waals surface area contributed by atoms with Crippen molar-refractivity contribution in [3.05, 3.63) is 77.6 Å². The molecular weight excluding hydrogens is 347 g/mol. The van der Waals surface area contributed by atoms with Crippen molar-refractivity contribution in [3.63, 3.8) is 0 Å². The largest absolute Gasteiger partial charge is 0.316 e. The minimum atomic E-state index is -0.270. The first kappa shape index (κ1) is 16.5. The van der Waals surface area contributed by atoms with Crippen molar-refractivity contribution >= 4 is 22.2 Å². The molecule has 0 bridgehead atoms. The van der Waals surface area contributed by atoms with Gasteiger partial charge in [-0.3, -0.25) is 4.79 Å². The maximum atomic E-state index is 13.9. The lowest BCUT2D eigenvalue weighted by molar-refractivity contribution is -0.117. The van der Waals surface area contributed by atoms with Crippen LogP contribution in [0.2, 0.25) is 0 Å². The van der Waals surface area contributed by atoms with E-state index in [0.717, 1.165) is 10.4 Å². The van der Waals surface area contributed by atoms with Crippen molar-refractivity contribution in [3.8, 4) is 16.5 Å². The van der Waals surface area contributed by atoms with E-state index in [9.17, 15) is 14.4 Å². The smallest absolute Gasteiger partial charge is 0.228 e. The Labute approximate surface area is 154 Å². The highest BCUT2D eigenvalue weighted by Crippen LogP contribution is 2.49. The number of anilines is 1. The molecule has 1 aromatic heterocycles. The van der Waals surface area contributed by atoms with E-state index in [1.54, 1.807) is 24.3 Å². The molecule has 1 aliphatic rings. The molecule has 0 unspecified atom stereocenters. The lowest BCUT2D eigenvalue weighted by atomic mass is 10.1. The molecule has 0 spiro atoms. The number of thiophene rings is 1. The number of halogens is 1. The van der Waals surface area contributed by atoms with Crippen LogP contribution >= 0.6 is 11.3 Å². The number of nitriles is 1. The van der Waals surface area contributed by atoms with Crippen LogP contribution in [0.15, 0.2) is 60.7 Å². The summed E-state index contributed by atoms with van der Waals surface area (Å²) in [5, 5.41) is 12.8. The highest BCUT2D eigenvalue weighted by molar-refractivity contribution is 7.19. The molecular formula is C21H15FN2OS. The third-order valence-electron chi connectivity index (χ3n) is 4.58. The van der Waals surface area contributed by atoms with Crippen molar-refractivity contribution in [1.82, 2.24) is 0 Å². The molecule has 2 aromatic carbocycles. The first-order valence-corrected chi connectivity index (χ1v) is 9.13. The zero-order chi connectivity index (χ0) is 18.1. The van der Waals surface area contributed by atoms with Gasteiger partial charge in [0.1, 0.15) is 16.9 Å². The molecule has 128 valence electrons. The maximum Gasteiger partial charge on any atom is 0.228 e. The van der Waals surface area contributed by atoms with E-state index in [1.165, 1.54) is 17.4 Å². The molecule has 1 aliphatic carbocycles. The van der Waals surface area contributed by atoms with Crippen molar-refractivity contribution in [2.45, 2.75) is 12.3 Å². The molecule has 3 aromatic rings. The fourth-order valence-electron chi connectivity index (χ4n) is 3.12. The molecule has 0 aliphatic heterocycles. The topological polar surface area (TPSA) is 52.9 Å². The van der Waals surface area contributed by atoms with E-state index in [0.29, 0.717) is 22.5 Å². The molecule has 4 rings (SSSR count). The molecule has 1 amide bonds. The van der Waals surface area contributed by atoms with Crippen molar-refractivity contribution in [2.24, 2.45) is 5.92 Å². The Balaban J connectivity index is 1.51. The number of hydrogen-bond acceptors (Lipinski definition) is 3. The molecule has 26 heavy (non-hydrogen) atoms. The lowest BCUT2D eigenvalue weighted by Gasteiger charge is -2.04. The number of rotatable bonds is 4. The Morgan fingerprint density at radius 3 is 2.62 bits per heavy atom. The van der Waals surface area contributed by atoms with E-state index in [-0.39, 0.29) is 23.6 Å². The molecule has 3 nitrogen and oxygen atoms in total. The average molecular weight is 362 g/mol. The summed E-state index contributed by atoms with van der Waals surface area (Å²) in [6.07, 6.45) is 0.631. The highest BCUT2D eigenvalue weighted by atomic mass is 32.1. The quantitative estimate of drug-likeness (QED) is 0.696. The zero-order valence-electron chi connectivity index (χ0n) is 13.8. The van der Waals surface area contributed by atoms with Crippen LogP contribution in [0.1, 0.15) is 23.5 Å². The van der Waals surface area contributed by atoms with Gasteiger partial charge < -0.3 is 5.32 Å². The Morgan fingerprint density at radius 1 is 1.15 bits per heavy atom. The number of nitrogens with zero attached hydrogens (tertiary/aromatic N) is 1. The van der Waals surface area contributed by atoms with Gasteiger partial charge in [-0.15, -0.1) is 11.3 Å². The predicted octanol–water partition coefficient (Wildman–Crippen LogP) is 5.17. The lowest BCUT2D eigenvalue weighted by Crippen LogP contribution is -2.14. The predicted molar refractivity (Wildman–Crippen MR) is 100 cm³/mol. The van der Waals surface area contributed by atoms with Crippen molar-refractivity contribution in [2.75, 3.05) is 5.32 Å². The summed E-state index contributed by atoms with van der Waals surface area (Å²) in [7, 11) is 0.